The number of amides is 2. The van der Waals surface area contributed by atoms with Gasteiger partial charge in [0, 0.05) is 25.7 Å². The molecule has 2 amide bonds. The fourth-order valence-electron chi connectivity index (χ4n) is 3.32. The van der Waals surface area contributed by atoms with E-state index >= 15 is 0 Å². The van der Waals surface area contributed by atoms with E-state index in [1.807, 2.05) is 16.7 Å². The lowest BCUT2D eigenvalue weighted by atomic mass is 10.1. The van der Waals surface area contributed by atoms with Crippen LogP contribution >= 0.6 is 24.4 Å². The highest BCUT2D eigenvalue weighted by Crippen LogP contribution is 2.20. The van der Waals surface area contributed by atoms with Crippen LogP contribution in [0.15, 0.2) is 0 Å². The van der Waals surface area contributed by atoms with Crippen molar-refractivity contribution in [3.05, 3.63) is 0 Å². The molecule has 2 rings (SSSR count). The van der Waals surface area contributed by atoms with Gasteiger partial charge in [-0.25, -0.2) is 0 Å². The quantitative estimate of drug-likeness (QED) is 0.656. The summed E-state index contributed by atoms with van der Waals surface area (Å²) in [4.78, 5) is 26.5. The largest absolute Gasteiger partial charge is 0.334 e. The van der Waals surface area contributed by atoms with Gasteiger partial charge in [0.25, 0.3) is 10.5 Å². The van der Waals surface area contributed by atoms with Crippen molar-refractivity contribution in [2.75, 3.05) is 25.4 Å². The molecule has 140 valence electrons. The Balaban J connectivity index is 0.000000240. The Labute approximate surface area is 157 Å². The number of hydrogen-bond acceptors (Lipinski definition) is 3. The van der Waals surface area contributed by atoms with E-state index in [2.05, 4.69) is 19.6 Å². The molecule has 0 aliphatic carbocycles. The molecule has 24 heavy (non-hydrogen) atoms. The summed E-state index contributed by atoms with van der Waals surface area (Å²) >= 11 is 5.32. The average Bonchev–Trinajstić information content (AvgIpc) is 2.98. The van der Waals surface area contributed by atoms with E-state index in [0.717, 1.165) is 44.6 Å². The minimum Gasteiger partial charge on any atom is -0.334 e. The van der Waals surface area contributed by atoms with Gasteiger partial charge >= 0.3 is 0 Å². The van der Waals surface area contributed by atoms with Crippen LogP contribution in [0, 0.1) is 0 Å². The SMILES string of the molecule is CCSC(=O)N1CCCCCC1.CC[C@H]1CCCCCN1C(=O)S. The third-order valence-corrected chi connectivity index (χ3v) is 5.78. The van der Waals surface area contributed by atoms with Crippen molar-refractivity contribution in [1.82, 2.24) is 9.80 Å². The molecular weight excluding hydrogens is 340 g/mol. The average molecular weight is 375 g/mol. The fourth-order valence-corrected chi connectivity index (χ4v) is 4.20. The van der Waals surface area contributed by atoms with Crippen LogP contribution in [0.3, 0.4) is 0 Å². The third-order valence-electron chi connectivity index (χ3n) is 4.73. The molecule has 0 bridgehead atoms. The summed E-state index contributed by atoms with van der Waals surface area (Å²) in [6.45, 7) is 7.03. The molecule has 0 N–H and O–H groups in total. The van der Waals surface area contributed by atoms with E-state index in [1.54, 1.807) is 0 Å². The van der Waals surface area contributed by atoms with Crippen molar-refractivity contribution >= 4 is 34.9 Å². The monoisotopic (exact) mass is 374 g/mol. The van der Waals surface area contributed by atoms with Gasteiger partial charge in [0.15, 0.2) is 0 Å². The number of hydrogen-bond donors (Lipinski definition) is 1. The first-order valence-electron chi connectivity index (χ1n) is 9.51. The summed E-state index contributed by atoms with van der Waals surface area (Å²) in [7, 11) is 0. The lowest BCUT2D eigenvalue weighted by Gasteiger charge is -2.27. The number of thioether (sulfide) groups is 1. The molecule has 0 saturated carbocycles. The molecule has 0 aromatic carbocycles. The molecule has 2 fully saturated rings. The highest BCUT2D eigenvalue weighted by atomic mass is 32.2. The number of nitrogens with zero attached hydrogens (tertiary/aromatic N) is 2. The van der Waals surface area contributed by atoms with E-state index < -0.39 is 0 Å². The van der Waals surface area contributed by atoms with E-state index in [-0.39, 0.29) is 10.5 Å². The summed E-state index contributed by atoms with van der Waals surface area (Å²) in [6.07, 6.45) is 10.8. The van der Waals surface area contributed by atoms with E-state index in [1.165, 1.54) is 50.3 Å². The van der Waals surface area contributed by atoms with Crippen LogP contribution < -0.4 is 0 Å². The summed E-state index contributed by atoms with van der Waals surface area (Å²) in [6, 6.07) is 0.442. The summed E-state index contributed by atoms with van der Waals surface area (Å²) < 4.78 is 0. The van der Waals surface area contributed by atoms with Gasteiger partial charge in [0.2, 0.25) is 0 Å². The van der Waals surface area contributed by atoms with Gasteiger partial charge in [-0.1, -0.05) is 63.9 Å². The molecule has 0 radical (unpaired) electrons. The Kier molecular flexibility index (Phi) is 11.7. The highest BCUT2D eigenvalue weighted by Gasteiger charge is 2.21. The van der Waals surface area contributed by atoms with Crippen LogP contribution in [-0.2, 0) is 0 Å². The Morgan fingerprint density at radius 3 is 2.08 bits per heavy atom. The van der Waals surface area contributed by atoms with E-state index in [9.17, 15) is 9.59 Å². The van der Waals surface area contributed by atoms with Gasteiger partial charge in [-0.3, -0.25) is 9.59 Å². The van der Waals surface area contributed by atoms with Gasteiger partial charge in [-0.15, -0.1) is 0 Å². The van der Waals surface area contributed by atoms with Crippen LogP contribution in [-0.4, -0.2) is 51.7 Å². The second kappa shape index (κ2) is 12.9. The molecule has 2 aliphatic heterocycles. The Morgan fingerprint density at radius 1 is 0.958 bits per heavy atom. The molecule has 0 unspecified atom stereocenters. The molecular formula is C18H34N2O2S2. The number of carbonyl (C=O) groups excluding carboxylic acids is 2. The predicted octanol–water partition coefficient (Wildman–Crippen LogP) is 5.43. The van der Waals surface area contributed by atoms with E-state index in [4.69, 9.17) is 0 Å². The molecule has 2 saturated heterocycles. The van der Waals surface area contributed by atoms with Crippen molar-refractivity contribution in [2.45, 2.75) is 77.7 Å². The van der Waals surface area contributed by atoms with Crippen LogP contribution in [0.25, 0.3) is 0 Å². The topological polar surface area (TPSA) is 40.6 Å². The van der Waals surface area contributed by atoms with Crippen molar-refractivity contribution in [2.24, 2.45) is 0 Å². The van der Waals surface area contributed by atoms with Crippen molar-refractivity contribution < 1.29 is 9.59 Å². The zero-order chi connectivity index (χ0) is 17.8. The molecule has 2 aliphatic rings. The highest BCUT2D eigenvalue weighted by molar-refractivity contribution is 8.13. The first kappa shape index (κ1) is 21.7. The maximum atomic E-state index is 11.4. The number of carbonyl (C=O) groups is 2. The Morgan fingerprint density at radius 2 is 1.54 bits per heavy atom. The van der Waals surface area contributed by atoms with Crippen LogP contribution in [0.4, 0.5) is 9.59 Å². The van der Waals surface area contributed by atoms with Crippen molar-refractivity contribution in [3.63, 3.8) is 0 Å². The molecule has 0 aromatic rings. The molecule has 0 spiro atoms. The number of thiol groups is 1. The second-order valence-electron chi connectivity index (χ2n) is 6.49. The number of rotatable bonds is 2. The zero-order valence-corrected chi connectivity index (χ0v) is 17.0. The van der Waals surface area contributed by atoms with Gasteiger partial charge < -0.3 is 9.80 Å². The first-order valence-corrected chi connectivity index (χ1v) is 10.9. The fraction of sp³-hybridized carbons (Fsp3) is 0.889. The lowest BCUT2D eigenvalue weighted by molar-refractivity contribution is 0.198. The van der Waals surface area contributed by atoms with Gasteiger partial charge in [0.1, 0.15) is 0 Å². The van der Waals surface area contributed by atoms with Crippen molar-refractivity contribution in [1.29, 1.82) is 0 Å². The second-order valence-corrected chi connectivity index (χ2v) is 8.09. The minimum absolute atomic E-state index is 0.0521. The number of likely N-dealkylation sites (tertiary alicyclic amines) is 2. The van der Waals surface area contributed by atoms with Crippen LogP contribution in [0.2, 0.25) is 0 Å². The zero-order valence-electron chi connectivity index (χ0n) is 15.3. The molecule has 1 atom stereocenters. The normalized spacial score (nSPS) is 22.0. The molecule has 6 heteroatoms. The third kappa shape index (κ3) is 8.15. The minimum atomic E-state index is -0.0521. The molecule has 4 nitrogen and oxygen atoms in total. The maximum absolute atomic E-state index is 11.4. The summed E-state index contributed by atoms with van der Waals surface area (Å²) in [5.41, 5.74) is 0. The van der Waals surface area contributed by atoms with Crippen LogP contribution in [0.1, 0.15) is 71.6 Å². The maximum Gasteiger partial charge on any atom is 0.281 e. The van der Waals surface area contributed by atoms with Crippen LogP contribution in [0.5, 0.6) is 0 Å². The lowest BCUT2D eigenvalue weighted by Crippen LogP contribution is -2.36. The summed E-state index contributed by atoms with van der Waals surface area (Å²) in [5.74, 6) is 0.898. The van der Waals surface area contributed by atoms with Gasteiger partial charge in [0.05, 0.1) is 0 Å². The Bertz CT molecular complexity index is 372. The molecule has 2 heterocycles. The standard InChI is InChI=1S/2C9H17NOS/c1-2-12-9(11)10-7-5-3-4-6-8-10;1-2-8-6-4-3-5-7-10(8)9(11)12/h2-8H2,1H3;8H,2-7H2,1H3,(H,11,12)/t;8-/m.0/s1. The smallest absolute Gasteiger partial charge is 0.281 e. The van der Waals surface area contributed by atoms with Gasteiger partial charge in [-0.2, -0.15) is 0 Å². The Hall–Kier alpha value is -0.360. The predicted molar refractivity (Wildman–Crippen MR) is 107 cm³/mol. The first-order chi connectivity index (χ1) is 11.6. The summed E-state index contributed by atoms with van der Waals surface area (Å²) in [5, 5.41) is 0.225. The van der Waals surface area contributed by atoms with Gasteiger partial charge in [-0.05, 0) is 37.9 Å². The van der Waals surface area contributed by atoms with Crippen molar-refractivity contribution in [3.8, 4) is 0 Å². The molecule has 0 aromatic heterocycles. The van der Waals surface area contributed by atoms with E-state index in [0.29, 0.717) is 6.04 Å².